The Bertz CT molecular complexity index is 435. The van der Waals surface area contributed by atoms with Crippen LogP contribution in [-0.2, 0) is 0 Å². The molecule has 0 radical (unpaired) electrons. The van der Waals surface area contributed by atoms with Crippen LogP contribution in [0.25, 0.3) is 0 Å². The predicted molar refractivity (Wildman–Crippen MR) is 79.7 cm³/mol. The molecule has 1 aliphatic carbocycles. The summed E-state index contributed by atoms with van der Waals surface area (Å²) in [4.78, 5) is 2.45. The molecule has 3 heteroatoms. The average Bonchev–Trinajstić information content (AvgIpc) is 2.93. The van der Waals surface area contributed by atoms with E-state index in [-0.39, 0.29) is 11.5 Å². The molecule has 1 aliphatic heterocycles. The SMILES string of the molecule is CC1(C)C(O)CC1Nc1ccc(N2CCCC2)cc1. The van der Waals surface area contributed by atoms with Crippen molar-refractivity contribution in [2.75, 3.05) is 23.3 Å². The molecule has 0 amide bonds. The molecule has 1 aromatic rings. The summed E-state index contributed by atoms with van der Waals surface area (Å²) in [7, 11) is 0. The maximum Gasteiger partial charge on any atom is 0.0630 e. The quantitative estimate of drug-likeness (QED) is 0.877. The molecule has 1 saturated heterocycles. The Balaban J connectivity index is 1.63. The van der Waals surface area contributed by atoms with Crippen molar-refractivity contribution in [1.29, 1.82) is 0 Å². The van der Waals surface area contributed by atoms with E-state index in [1.807, 2.05) is 0 Å². The van der Waals surface area contributed by atoms with Crippen LogP contribution in [-0.4, -0.2) is 30.3 Å². The molecular formula is C16H24N2O. The summed E-state index contributed by atoms with van der Waals surface area (Å²) < 4.78 is 0. The van der Waals surface area contributed by atoms with Crippen molar-refractivity contribution in [2.45, 2.75) is 45.3 Å². The number of rotatable bonds is 3. The zero-order chi connectivity index (χ0) is 13.5. The molecule has 1 aromatic carbocycles. The molecule has 2 fully saturated rings. The van der Waals surface area contributed by atoms with E-state index in [2.05, 4.69) is 48.3 Å². The summed E-state index contributed by atoms with van der Waals surface area (Å²) in [6.45, 7) is 6.62. The minimum absolute atomic E-state index is 0.0202. The highest BCUT2D eigenvalue weighted by atomic mass is 16.3. The first-order chi connectivity index (χ1) is 9.07. The lowest BCUT2D eigenvalue weighted by molar-refractivity contribution is -0.0510. The van der Waals surface area contributed by atoms with Gasteiger partial charge in [-0.3, -0.25) is 0 Å². The zero-order valence-corrected chi connectivity index (χ0v) is 11.9. The van der Waals surface area contributed by atoms with E-state index >= 15 is 0 Å². The van der Waals surface area contributed by atoms with Gasteiger partial charge in [-0.05, 0) is 43.5 Å². The third-order valence-electron chi connectivity index (χ3n) is 4.90. The molecule has 0 bridgehead atoms. The monoisotopic (exact) mass is 260 g/mol. The highest BCUT2D eigenvalue weighted by molar-refractivity contribution is 5.56. The molecule has 104 valence electrons. The fourth-order valence-electron chi connectivity index (χ4n) is 3.09. The van der Waals surface area contributed by atoms with Crippen LogP contribution in [0.3, 0.4) is 0 Å². The Labute approximate surface area is 115 Å². The Morgan fingerprint density at radius 1 is 1.16 bits per heavy atom. The first-order valence-corrected chi connectivity index (χ1v) is 7.37. The van der Waals surface area contributed by atoms with Gasteiger partial charge in [0.25, 0.3) is 0 Å². The number of nitrogens with one attached hydrogen (secondary N) is 1. The smallest absolute Gasteiger partial charge is 0.0630 e. The Morgan fingerprint density at radius 3 is 2.32 bits per heavy atom. The van der Waals surface area contributed by atoms with Crippen molar-refractivity contribution in [1.82, 2.24) is 0 Å². The summed E-state index contributed by atoms with van der Waals surface area (Å²) in [6.07, 6.45) is 3.30. The standard InChI is InChI=1S/C16H24N2O/c1-16(2)14(11-15(16)19)17-12-5-7-13(8-6-12)18-9-3-4-10-18/h5-8,14-15,17,19H,3-4,9-11H2,1-2H3. The van der Waals surface area contributed by atoms with Gasteiger partial charge in [0, 0.05) is 35.9 Å². The minimum atomic E-state index is -0.172. The van der Waals surface area contributed by atoms with Gasteiger partial charge in [0.15, 0.2) is 0 Å². The van der Waals surface area contributed by atoms with Crippen LogP contribution in [0.4, 0.5) is 11.4 Å². The molecule has 0 aromatic heterocycles. The van der Waals surface area contributed by atoms with E-state index < -0.39 is 0 Å². The second-order valence-electron chi connectivity index (χ2n) is 6.51. The van der Waals surface area contributed by atoms with Crippen LogP contribution in [0, 0.1) is 5.41 Å². The van der Waals surface area contributed by atoms with Gasteiger partial charge in [-0.1, -0.05) is 13.8 Å². The summed E-state index contributed by atoms with van der Waals surface area (Å²) in [6, 6.07) is 9.11. The van der Waals surface area contributed by atoms with Crippen LogP contribution in [0.2, 0.25) is 0 Å². The molecule has 19 heavy (non-hydrogen) atoms. The maximum atomic E-state index is 9.77. The molecule has 0 spiro atoms. The summed E-state index contributed by atoms with van der Waals surface area (Å²) in [5, 5.41) is 13.3. The topological polar surface area (TPSA) is 35.5 Å². The number of nitrogens with zero attached hydrogens (tertiary/aromatic N) is 1. The Kier molecular flexibility index (Phi) is 3.17. The predicted octanol–water partition coefficient (Wildman–Crippen LogP) is 2.86. The van der Waals surface area contributed by atoms with Crippen LogP contribution >= 0.6 is 0 Å². The van der Waals surface area contributed by atoms with E-state index in [9.17, 15) is 5.11 Å². The van der Waals surface area contributed by atoms with Crippen LogP contribution in [0.15, 0.2) is 24.3 Å². The van der Waals surface area contributed by atoms with E-state index in [1.54, 1.807) is 0 Å². The number of aliphatic hydroxyl groups excluding tert-OH is 1. The van der Waals surface area contributed by atoms with Crippen molar-refractivity contribution in [2.24, 2.45) is 5.41 Å². The molecule has 2 aliphatic rings. The van der Waals surface area contributed by atoms with E-state index in [4.69, 9.17) is 0 Å². The van der Waals surface area contributed by atoms with Crippen LogP contribution in [0.1, 0.15) is 33.1 Å². The number of benzene rings is 1. The largest absolute Gasteiger partial charge is 0.392 e. The van der Waals surface area contributed by atoms with Crippen molar-refractivity contribution >= 4 is 11.4 Å². The van der Waals surface area contributed by atoms with Gasteiger partial charge < -0.3 is 15.3 Å². The number of anilines is 2. The summed E-state index contributed by atoms with van der Waals surface area (Å²) in [5.74, 6) is 0. The normalized spacial score (nSPS) is 29.1. The van der Waals surface area contributed by atoms with Gasteiger partial charge in [-0.2, -0.15) is 0 Å². The molecule has 2 unspecified atom stereocenters. The third-order valence-corrected chi connectivity index (χ3v) is 4.90. The van der Waals surface area contributed by atoms with Crippen molar-refractivity contribution in [3.05, 3.63) is 24.3 Å². The number of hydrogen-bond acceptors (Lipinski definition) is 3. The van der Waals surface area contributed by atoms with Crippen molar-refractivity contribution in [3.8, 4) is 0 Å². The third kappa shape index (κ3) is 2.32. The molecule has 2 N–H and O–H groups in total. The van der Waals surface area contributed by atoms with Crippen LogP contribution in [0.5, 0.6) is 0 Å². The van der Waals surface area contributed by atoms with E-state index in [1.165, 1.54) is 31.6 Å². The lowest BCUT2D eigenvalue weighted by atomic mass is 9.64. The lowest BCUT2D eigenvalue weighted by Crippen LogP contribution is -2.56. The van der Waals surface area contributed by atoms with Gasteiger partial charge in [0.1, 0.15) is 0 Å². The highest BCUT2D eigenvalue weighted by Gasteiger charge is 2.47. The average molecular weight is 260 g/mol. The summed E-state index contributed by atoms with van der Waals surface area (Å²) >= 11 is 0. The minimum Gasteiger partial charge on any atom is -0.392 e. The fourth-order valence-corrected chi connectivity index (χ4v) is 3.09. The van der Waals surface area contributed by atoms with Gasteiger partial charge >= 0.3 is 0 Å². The summed E-state index contributed by atoms with van der Waals surface area (Å²) in [5.41, 5.74) is 2.47. The second kappa shape index (κ2) is 4.71. The van der Waals surface area contributed by atoms with Crippen molar-refractivity contribution in [3.63, 3.8) is 0 Å². The molecule has 2 atom stereocenters. The molecule has 1 saturated carbocycles. The molecule has 3 nitrogen and oxygen atoms in total. The van der Waals surface area contributed by atoms with Crippen LogP contribution < -0.4 is 10.2 Å². The van der Waals surface area contributed by atoms with E-state index in [0.717, 1.165) is 12.1 Å². The fraction of sp³-hybridized carbons (Fsp3) is 0.625. The second-order valence-corrected chi connectivity index (χ2v) is 6.51. The first kappa shape index (κ1) is 12.8. The van der Waals surface area contributed by atoms with Gasteiger partial charge in [-0.25, -0.2) is 0 Å². The zero-order valence-electron chi connectivity index (χ0n) is 11.9. The van der Waals surface area contributed by atoms with Gasteiger partial charge in [-0.15, -0.1) is 0 Å². The van der Waals surface area contributed by atoms with Crippen molar-refractivity contribution < 1.29 is 5.11 Å². The number of aliphatic hydroxyl groups is 1. The van der Waals surface area contributed by atoms with Gasteiger partial charge in [0.05, 0.1) is 6.10 Å². The molecule has 1 heterocycles. The Hall–Kier alpha value is -1.22. The Morgan fingerprint density at radius 2 is 1.79 bits per heavy atom. The van der Waals surface area contributed by atoms with E-state index in [0.29, 0.717) is 6.04 Å². The highest BCUT2D eigenvalue weighted by Crippen LogP contribution is 2.42. The maximum absolute atomic E-state index is 9.77. The number of hydrogen-bond donors (Lipinski definition) is 2. The van der Waals surface area contributed by atoms with Gasteiger partial charge in [0.2, 0.25) is 0 Å². The first-order valence-electron chi connectivity index (χ1n) is 7.37. The molecule has 3 rings (SSSR count). The lowest BCUT2D eigenvalue weighted by Gasteiger charge is -2.49. The molecular weight excluding hydrogens is 236 g/mol.